The van der Waals surface area contributed by atoms with Gasteiger partial charge in [0.25, 0.3) is 5.91 Å². The summed E-state index contributed by atoms with van der Waals surface area (Å²) in [7, 11) is 0. The van der Waals surface area contributed by atoms with Crippen LogP contribution >= 0.6 is 0 Å². The fourth-order valence-corrected chi connectivity index (χ4v) is 4.21. The molecule has 0 unspecified atom stereocenters. The van der Waals surface area contributed by atoms with Gasteiger partial charge in [-0.05, 0) is 42.7 Å². The van der Waals surface area contributed by atoms with Gasteiger partial charge in [-0.25, -0.2) is 10.00 Å². The lowest BCUT2D eigenvalue weighted by atomic mass is 10.0. The molecule has 10 heteroatoms. The number of hydrogen-bond donors (Lipinski definition) is 3. The van der Waals surface area contributed by atoms with Crippen LogP contribution in [0.1, 0.15) is 46.4 Å². The molecule has 1 saturated carbocycles. The lowest BCUT2D eigenvalue weighted by Crippen LogP contribution is -2.43. The first-order valence-electron chi connectivity index (χ1n) is 10.1. The van der Waals surface area contributed by atoms with Gasteiger partial charge in [0.05, 0.1) is 11.4 Å². The molecule has 2 heterocycles. The number of benzene rings is 1. The number of hydroxylamine groups is 1. The summed E-state index contributed by atoms with van der Waals surface area (Å²) >= 11 is 0. The fraction of sp³-hybridized carbons (Fsp3) is 0.318. The van der Waals surface area contributed by atoms with E-state index in [9.17, 15) is 22.8 Å². The summed E-state index contributed by atoms with van der Waals surface area (Å²) < 4.78 is 41.7. The van der Waals surface area contributed by atoms with Crippen LogP contribution in [-0.4, -0.2) is 32.7 Å². The van der Waals surface area contributed by atoms with E-state index in [2.05, 4.69) is 10.4 Å². The van der Waals surface area contributed by atoms with E-state index in [0.29, 0.717) is 29.5 Å². The van der Waals surface area contributed by atoms with Gasteiger partial charge in [-0.1, -0.05) is 24.6 Å². The second-order valence-corrected chi connectivity index (χ2v) is 7.82. The Morgan fingerprint density at radius 2 is 1.88 bits per heavy atom. The summed E-state index contributed by atoms with van der Waals surface area (Å²) in [5.74, 6) is -1.41. The number of nitrogens with zero attached hydrogens (tertiary/aromatic N) is 2. The monoisotopic (exact) mass is 446 g/mol. The van der Waals surface area contributed by atoms with E-state index < -0.39 is 23.7 Å². The Morgan fingerprint density at radius 1 is 1.12 bits per heavy atom. The van der Waals surface area contributed by atoms with Crippen molar-refractivity contribution in [2.45, 2.75) is 37.9 Å². The Bertz CT molecular complexity index is 1140. The number of alkyl halides is 3. The van der Waals surface area contributed by atoms with Crippen molar-refractivity contribution in [2.24, 2.45) is 5.92 Å². The van der Waals surface area contributed by atoms with Crippen LogP contribution in [0.25, 0.3) is 5.52 Å². The minimum absolute atomic E-state index is 0.00558. The quantitative estimate of drug-likeness (QED) is 0.414. The summed E-state index contributed by atoms with van der Waals surface area (Å²) in [6.07, 6.45) is -1.17. The van der Waals surface area contributed by atoms with Crippen molar-refractivity contribution >= 4 is 17.3 Å². The number of carbonyl (C=O) groups excluding carboxylic acids is 2. The molecular weight excluding hydrogens is 425 g/mol. The zero-order valence-electron chi connectivity index (χ0n) is 16.9. The number of halogens is 3. The highest BCUT2D eigenvalue weighted by molar-refractivity contribution is 5.95. The van der Waals surface area contributed by atoms with Crippen molar-refractivity contribution in [1.29, 1.82) is 0 Å². The van der Waals surface area contributed by atoms with Gasteiger partial charge in [-0.15, -0.1) is 0 Å². The maximum absolute atomic E-state index is 13.5. The predicted octanol–water partition coefficient (Wildman–Crippen LogP) is 3.35. The van der Waals surface area contributed by atoms with Crippen LogP contribution in [0.4, 0.5) is 13.2 Å². The van der Waals surface area contributed by atoms with Gasteiger partial charge in [-0.3, -0.25) is 14.8 Å². The minimum Gasteiger partial charge on any atom is -0.349 e. The number of amides is 2. The number of carbonyl (C=O) groups is 2. The number of fused-ring (bicyclic) bond motifs is 1. The van der Waals surface area contributed by atoms with E-state index in [1.807, 2.05) is 0 Å². The zero-order valence-corrected chi connectivity index (χ0v) is 16.9. The molecule has 168 valence electrons. The molecular formula is C22H21F3N4O3. The average molecular weight is 446 g/mol. The van der Waals surface area contributed by atoms with Gasteiger partial charge >= 0.3 is 6.18 Å². The molecule has 2 aromatic heterocycles. The van der Waals surface area contributed by atoms with Gasteiger partial charge < -0.3 is 5.32 Å². The number of hydrogen-bond acceptors (Lipinski definition) is 4. The van der Waals surface area contributed by atoms with E-state index >= 15 is 0 Å². The van der Waals surface area contributed by atoms with Gasteiger partial charge in [0.15, 0.2) is 5.69 Å². The lowest BCUT2D eigenvalue weighted by Gasteiger charge is -2.19. The van der Waals surface area contributed by atoms with Crippen LogP contribution < -0.4 is 10.8 Å². The molecule has 0 radical (unpaired) electrons. The van der Waals surface area contributed by atoms with Crippen LogP contribution in [-0.2, 0) is 17.4 Å². The second kappa shape index (κ2) is 8.62. The third-order valence-electron chi connectivity index (χ3n) is 5.79. The van der Waals surface area contributed by atoms with Gasteiger partial charge in [0, 0.05) is 29.8 Å². The Labute approximate surface area is 181 Å². The molecule has 1 aliphatic rings. The van der Waals surface area contributed by atoms with Crippen molar-refractivity contribution in [2.75, 3.05) is 0 Å². The number of aromatic nitrogens is 2. The SMILES string of the molecule is O=C(N[C@@H]1CCC[C@@H]1C(=O)NO)c1ccc(Cc2c(C(F)(F)F)nn3ccccc23)cc1. The fourth-order valence-electron chi connectivity index (χ4n) is 4.21. The molecule has 4 rings (SSSR count). The molecule has 2 amide bonds. The highest BCUT2D eigenvalue weighted by Crippen LogP contribution is 2.34. The van der Waals surface area contributed by atoms with Gasteiger partial charge in [0.1, 0.15) is 0 Å². The number of nitrogens with one attached hydrogen (secondary N) is 2. The van der Waals surface area contributed by atoms with E-state index in [0.717, 1.165) is 6.42 Å². The normalized spacial score (nSPS) is 18.6. The Hall–Kier alpha value is -3.40. The van der Waals surface area contributed by atoms with Crippen molar-refractivity contribution in [3.8, 4) is 0 Å². The Balaban J connectivity index is 1.51. The lowest BCUT2D eigenvalue weighted by molar-refractivity contribution is -0.141. The first-order valence-corrected chi connectivity index (χ1v) is 10.1. The van der Waals surface area contributed by atoms with Crippen molar-refractivity contribution in [1.82, 2.24) is 20.4 Å². The minimum atomic E-state index is -4.58. The summed E-state index contributed by atoms with van der Waals surface area (Å²) in [5, 5.41) is 15.3. The molecule has 2 atom stereocenters. The third kappa shape index (κ3) is 4.31. The van der Waals surface area contributed by atoms with Crippen molar-refractivity contribution in [3.63, 3.8) is 0 Å². The van der Waals surface area contributed by atoms with E-state index in [4.69, 9.17) is 5.21 Å². The second-order valence-electron chi connectivity index (χ2n) is 7.82. The first kappa shape index (κ1) is 21.8. The van der Waals surface area contributed by atoms with E-state index in [1.165, 1.54) is 10.7 Å². The summed E-state index contributed by atoms with van der Waals surface area (Å²) in [6, 6.07) is 10.8. The molecule has 1 aromatic carbocycles. The number of pyridine rings is 1. The smallest absolute Gasteiger partial charge is 0.349 e. The van der Waals surface area contributed by atoms with Crippen LogP contribution in [0, 0.1) is 5.92 Å². The summed E-state index contributed by atoms with van der Waals surface area (Å²) in [5.41, 5.74) is 2.07. The molecule has 3 N–H and O–H groups in total. The van der Waals surface area contributed by atoms with Crippen LogP contribution in [0.3, 0.4) is 0 Å². The van der Waals surface area contributed by atoms with Crippen LogP contribution in [0.15, 0.2) is 48.7 Å². The molecule has 0 spiro atoms. The highest BCUT2D eigenvalue weighted by Gasteiger charge is 2.38. The topological polar surface area (TPSA) is 95.7 Å². The summed E-state index contributed by atoms with van der Waals surface area (Å²) in [4.78, 5) is 24.3. The molecule has 1 aliphatic carbocycles. The zero-order chi connectivity index (χ0) is 22.9. The molecule has 32 heavy (non-hydrogen) atoms. The van der Waals surface area contributed by atoms with Crippen molar-refractivity contribution in [3.05, 3.63) is 71.0 Å². The molecule has 0 saturated heterocycles. The third-order valence-corrected chi connectivity index (χ3v) is 5.79. The highest BCUT2D eigenvalue weighted by atomic mass is 19.4. The standard InChI is InChI=1S/C22H21F3N4O3/c23-22(24,25)19-16(18-6-1-2-11-29(18)27-19)12-13-7-9-14(10-8-13)20(30)26-17-5-3-4-15(17)21(31)28-32/h1-2,6-11,15,17,32H,3-5,12H2,(H,26,30)(H,28,31)/t15-,17+/m0/s1. The summed E-state index contributed by atoms with van der Waals surface area (Å²) in [6.45, 7) is 0. The van der Waals surface area contributed by atoms with Crippen molar-refractivity contribution < 1.29 is 28.0 Å². The van der Waals surface area contributed by atoms with Crippen LogP contribution in [0.5, 0.6) is 0 Å². The molecule has 3 aromatic rings. The molecule has 0 aliphatic heterocycles. The Morgan fingerprint density at radius 3 is 2.56 bits per heavy atom. The predicted molar refractivity (Wildman–Crippen MR) is 108 cm³/mol. The van der Waals surface area contributed by atoms with E-state index in [1.54, 1.807) is 47.9 Å². The largest absolute Gasteiger partial charge is 0.435 e. The van der Waals surface area contributed by atoms with Gasteiger partial charge in [0.2, 0.25) is 5.91 Å². The number of rotatable bonds is 5. The van der Waals surface area contributed by atoms with Gasteiger partial charge in [-0.2, -0.15) is 18.3 Å². The Kier molecular flexibility index (Phi) is 5.88. The average Bonchev–Trinajstić information content (AvgIpc) is 3.38. The molecule has 0 bridgehead atoms. The maximum Gasteiger partial charge on any atom is 0.435 e. The van der Waals surface area contributed by atoms with E-state index in [-0.39, 0.29) is 23.9 Å². The molecule has 7 nitrogen and oxygen atoms in total. The maximum atomic E-state index is 13.5. The van der Waals surface area contributed by atoms with Crippen LogP contribution in [0.2, 0.25) is 0 Å². The first-order chi connectivity index (χ1) is 15.3. The molecule has 1 fully saturated rings.